The number of aliphatic carboxylic acids is 1. The predicted octanol–water partition coefficient (Wildman–Crippen LogP) is 4.54. The molecule has 0 aromatic heterocycles. The minimum atomic E-state index is -4.72. The fraction of sp³-hybridized carbons (Fsp3) is 0.536. The van der Waals surface area contributed by atoms with Crippen molar-refractivity contribution in [1.29, 1.82) is 0 Å². The first-order valence-electron chi connectivity index (χ1n) is 13.3. The van der Waals surface area contributed by atoms with E-state index in [0.717, 1.165) is 39.0 Å². The molecule has 0 heterocycles. The lowest BCUT2D eigenvalue weighted by Gasteiger charge is -2.18. The molecule has 0 rings (SSSR count). The summed E-state index contributed by atoms with van der Waals surface area (Å²) in [5.41, 5.74) is 0. The maximum Gasteiger partial charge on any atom is 0.472 e. The highest BCUT2D eigenvalue weighted by molar-refractivity contribution is 7.47. The first-order valence-corrected chi connectivity index (χ1v) is 14.8. The van der Waals surface area contributed by atoms with Crippen LogP contribution in [0.4, 0.5) is 0 Å². The monoisotopic (exact) mass is 585 g/mol. The fourth-order valence-corrected chi connectivity index (χ4v) is 3.61. The summed E-state index contributed by atoms with van der Waals surface area (Å²) in [5, 5.41) is 21.0. The van der Waals surface area contributed by atoms with Crippen molar-refractivity contribution in [1.82, 2.24) is 5.32 Å². The lowest BCUT2D eigenvalue weighted by molar-refractivity contribution is -0.144. The van der Waals surface area contributed by atoms with Crippen LogP contribution < -0.4 is 5.32 Å². The van der Waals surface area contributed by atoms with Crippen molar-refractivity contribution in [2.24, 2.45) is 0 Å². The molecule has 0 aliphatic rings. The molecule has 1 amide bonds. The smallest absolute Gasteiger partial charge is 0.472 e. The minimum absolute atomic E-state index is 0.0632. The van der Waals surface area contributed by atoms with Crippen molar-refractivity contribution < 1.29 is 47.8 Å². The number of esters is 1. The number of ether oxygens (including phenoxy) is 1. The molecule has 0 aliphatic heterocycles. The van der Waals surface area contributed by atoms with Gasteiger partial charge in [0.15, 0.2) is 6.04 Å². The number of allylic oxidation sites excluding steroid dienone is 10. The Morgan fingerprint density at radius 2 is 1.32 bits per heavy atom. The summed E-state index contributed by atoms with van der Waals surface area (Å²) in [7, 11) is -4.72. The van der Waals surface area contributed by atoms with Crippen LogP contribution in [0.25, 0.3) is 0 Å². The quantitative estimate of drug-likeness (QED) is 0.0578. The molecule has 4 N–H and O–H groups in total. The molecule has 40 heavy (non-hydrogen) atoms. The van der Waals surface area contributed by atoms with E-state index in [9.17, 15) is 34.1 Å². The van der Waals surface area contributed by atoms with Crippen LogP contribution in [0.5, 0.6) is 0 Å². The average molecular weight is 586 g/mol. The van der Waals surface area contributed by atoms with E-state index in [1.165, 1.54) is 0 Å². The van der Waals surface area contributed by atoms with E-state index in [4.69, 9.17) is 0 Å². The minimum Gasteiger partial charge on any atom is -0.480 e. The molecule has 0 aromatic carbocycles. The molecule has 0 radical (unpaired) electrons. The number of phosphoric acid groups is 1. The van der Waals surface area contributed by atoms with Crippen molar-refractivity contribution in [2.45, 2.75) is 77.4 Å². The highest BCUT2D eigenvalue weighted by atomic mass is 31.2. The Balaban J connectivity index is 4.12. The zero-order valence-corrected chi connectivity index (χ0v) is 24.2. The number of carboxylic acid groups (broad SMARTS) is 1. The van der Waals surface area contributed by atoms with Crippen LogP contribution in [0, 0.1) is 0 Å². The van der Waals surface area contributed by atoms with Crippen LogP contribution >= 0.6 is 7.82 Å². The Bertz CT molecular complexity index is 926. The molecule has 0 saturated carbocycles. The topological polar surface area (TPSA) is 169 Å². The number of aliphatic hydroxyl groups is 1. The largest absolute Gasteiger partial charge is 0.480 e. The van der Waals surface area contributed by atoms with E-state index >= 15 is 0 Å². The summed E-state index contributed by atoms with van der Waals surface area (Å²) in [5.74, 6) is -2.66. The van der Waals surface area contributed by atoms with Gasteiger partial charge in [-0.05, 0) is 44.9 Å². The zero-order chi connectivity index (χ0) is 30.1. The van der Waals surface area contributed by atoms with Gasteiger partial charge < -0.3 is 25.2 Å². The second-order valence-electron chi connectivity index (χ2n) is 8.58. The zero-order valence-electron chi connectivity index (χ0n) is 23.4. The number of hydrogen-bond acceptors (Lipinski definition) is 8. The van der Waals surface area contributed by atoms with Gasteiger partial charge in [-0.25, -0.2) is 9.36 Å². The van der Waals surface area contributed by atoms with Crippen molar-refractivity contribution in [3.05, 3.63) is 60.8 Å². The molecule has 0 aliphatic carbocycles. The first kappa shape index (κ1) is 37.2. The van der Waals surface area contributed by atoms with Crippen LogP contribution in [0.2, 0.25) is 0 Å². The number of rotatable bonds is 23. The lowest BCUT2D eigenvalue weighted by Crippen LogP contribution is -2.43. The van der Waals surface area contributed by atoms with E-state index in [1.807, 2.05) is 12.2 Å². The predicted molar refractivity (Wildman–Crippen MR) is 152 cm³/mol. The number of phosphoric ester groups is 1. The molecule has 0 bridgehead atoms. The first-order chi connectivity index (χ1) is 19.1. The van der Waals surface area contributed by atoms with Crippen molar-refractivity contribution >= 4 is 25.7 Å². The van der Waals surface area contributed by atoms with E-state index in [-0.39, 0.29) is 6.42 Å². The molecule has 3 atom stereocenters. The Kier molecular flexibility index (Phi) is 22.3. The van der Waals surface area contributed by atoms with Crippen molar-refractivity contribution in [2.75, 3.05) is 19.8 Å². The molecule has 3 unspecified atom stereocenters. The van der Waals surface area contributed by atoms with E-state index < -0.39 is 57.6 Å². The van der Waals surface area contributed by atoms with Crippen LogP contribution in [-0.2, 0) is 32.7 Å². The lowest BCUT2D eigenvalue weighted by atomic mass is 10.2. The third-order valence-corrected chi connectivity index (χ3v) is 5.83. The SMILES string of the molecule is CC/C=C\C/C=C\C/C=C\C/C=C\C/C=C\CCCC(=O)NC(COP(=O)(O)OCC(O)COC(C)=O)C(=O)O. The van der Waals surface area contributed by atoms with Gasteiger partial charge in [0, 0.05) is 13.3 Å². The van der Waals surface area contributed by atoms with E-state index in [0.29, 0.717) is 12.8 Å². The van der Waals surface area contributed by atoms with Gasteiger partial charge >= 0.3 is 19.8 Å². The second kappa shape index (κ2) is 24.0. The van der Waals surface area contributed by atoms with Crippen LogP contribution in [0.15, 0.2) is 60.8 Å². The number of carboxylic acids is 1. The Labute approximate surface area is 236 Å². The van der Waals surface area contributed by atoms with Gasteiger partial charge in [0.2, 0.25) is 5.91 Å². The summed E-state index contributed by atoms with van der Waals surface area (Å²) < 4.78 is 25.6. The molecular weight excluding hydrogens is 541 g/mol. The number of amides is 1. The van der Waals surface area contributed by atoms with Crippen molar-refractivity contribution in [3.8, 4) is 0 Å². The molecule has 0 aromatic rings. The Morgan fingerprint density at radius 1 is 0.825 bits per heavy atom. The summed E-state index contributed by atoms with van der Waals surface area (Å²) in [4.78, 5) is 43.8. The maximum atomic E-state index is 12.1. The Morgan fingerprint density at radius 3 is 1.82 bits per heavy atom. The number of carbonyl (C=O) groups excluding carboxylic acids is 2. The number of nitrogens with one attached hydrogen (secondary N) is 1. The van der Waals surface area contributed by atoms with E-state index in [2.05, 4.69) is 74.6 Å². The Hall–Kier alpha value is -2.82. The van der Waals surface area contributed by atoms with Crippen LogP contribution in [-0.4, -0.2) is 64.9 Å². The van der Waals surface area contributed by atoms with Gasteiger partial charge in [-0.15, -0.1) is 0 Å². The highest BCUT2D eigenvalue weighted by Gasteiger charge is 2.28. The molecule has 11 nitrogen and oxygen atoms in total. The van der Waals surface area contributed by atoms with Crippen LogP contribution in [0.3, 0.4) is 0 Å². The standard InChI is InChI=1S/C28H44NO10P/c1-3-4-5-6-7-8-9-10-11-12-13-14-15-16-17-18-19-20-27(32)29-26(28(33)34)23-39-40(35,36)38-22-25(31)21-37-24(2)30/h4-5,7-8,10-11,13-14,16-17,25-26,31H,3,6,9,12,15,18-23H2,1-2H3,(H,29,32)(H,33,34)(H,35,36)/b5-4-,8-7-,11-10-,14-13-,17-16-. The third kappa shape index (κ3) is 24.2. The summed E-state index contributed by atoms with van der Waals surface area (Å²) in [6.07, 6.45) is 25.3. The molecule has 0 saturated heterocycles. The number of unbranched alkanes of at least 4 members (excludes halogenated alkanes) is 1. The number of hydrogen-bond donors (Lipinski definition) is 4. The normalized spacial score (nSPS) is 15.3. The summed E-state index contributed by atoms with van der Waals surface area (Å²) in [6, 6.07) is -1.57. The van der Waals surface area contributed by atoms with Gasteiger partial charge in [0.25, 0.3) is 0 Å². The summed E-state index contributed by atoms with van der Waals surface area (Å²) in [6.45, 7) is 1.26. The maximum absolute atomic E-state index is 12.1. The van der Waals surface area contributed by atoms with Gasteiger partial charge in [0.1, 0.15) is 12.7 Å². The molecule has 0 fully saturated rings. The molecule has 12 heteroatoms. The molecule has 226 valence electrons. The molecular formula is C28H44NO10P. The van der Waals surface area contributed by atoms with Gasteiger partial charge in [-0.2, -0.15) is 0 Å². The third-order valence-electron chi connectivity index (χ3n) is 4.88. The second-order valence-corrected chi connectivity index (χ2v) is 10.0. The fourth-order valence-electron chi connectivity index (χ4n) is 2.84. The van der Waals surface area contributed by atoms with E-state index in [1.54, 1.807) is 0 Å². The van der Waals surface area contributed by atoms with Crippen molar-refractivity contribution in [3.63, 3.8) is 0 Å². The van der Waals surface area contributed by atoms with Gasteiger partial charge in [-0.3, -0.25) is 18.6 Å². The van der Waals surface area contributed by atoms with Gasteiger partial charge in [-0.1, -0.05) is 67.7 Å². The number of aliphatic hydroxyl groups excluding tert-OH is 1. The van der Waals surface area contributed by atoms with Gasteiger partial charge in [0.05, 0.1) is 13.2 Å². The highest BCUT2D eigenvalue weighted by Crippen LogP contribution is 2.43. The van der Waals surface area contributed by atoms with Crippen LogP contribution in [0.1, 0.15) is 65.2 Å². The molecule has 0 spiro atoms. The average Bonchev–Trinajstić information content (AvgIpc) is 2.90. The number of carbonyl (C=O) groups is 3. The summed E-state index contributed by atoms with van der Waals surface area (Å²) >= 11 is 0.